The molecule has 0 unspecified atom stereocenters. The molecule has 0 bridgehead atoms. The largest absolute Gasteiger partial charge is 0.465 e. The second-order valence-corrected chi connectivity index (χ2v) is 5.55. The van der Waals surface area contributed by atoms with E-state index in [-0.39, 0.29) is 11.1 Å². The zero-order chi connectivity index (χ0) is 17.1. The fraction of sp³-hybridized carbons (Fsp3) is 0.333. The normalized spacial score (nSPS) is 16.8. The van der Waals surface area contributed by atoms with Crippen molar-refractivity contribution in [3.05, 3.63) is 47.2 Å². The van der Waals surface area contributed by atoms with Crippen LogP contribution in [0.4, 0.5) is 0 Å². The zero-order valence-corrected chi connectivity index (χ0v) is 13.7. The molecule has 0 aliphatic carbocycles. The topological polar surface area (TPSA) is 65.1 Å². The summed E-state index contributed by atoms with van der Waals surface area (Å²) in [6.45, 7) is 1.61. The van der Waals surface area contributed by atoms with Crippen LogP contribution >= 0.6 is 0 Å². The van der Waals surface area contributed by atoms with Crippen LogP contribution in [0.1, 0.15) is 18.4 Å². The summed E-state index contributed by atoms with van der Waals surface area (Å²) in [5.74, 6) is -0.645. The van der Waals surface area contributed by atoms with Gasteiger partial charge in [0.1, 0.15) is 23.2 Å². The van der Waals surface area contributed by atoms with Crippen LogP contribution in [0, 0.1) is 0 Å². The first kappa shape index (κ1) is 16.1. The second kappa shape index (κ2) is 6.78. The second-order valence-electron chi connectivity index (χ2n) is 5.55. The molecule has 24 heavy (non-hydrogen) atoms. The van der Waals surface area contributed by atoms with Gasteiger partial charge < -0.3 is 19.1 Å². The Kier molecular flexibility index (Phi) is 4.55. The maximum Gasteiger partial charge on any atom is 0.341 e. The van der Waals surface area contributed by atoms with Crippen LogP contribution in [0.2, 0.25) is 0 Å². The molecule has 2 aliphatic heterocycles. The molecule has 0 spiro atoms. The van der Waals surface area contributed by atoms with Gasteiger partial charge in [-0.3, -0.25) is 0 Å². The van der Waals surface area contributed by atoms with Gasteiger partial charge in [-0.25, -0.2) is 9.59 Å². The number of esters is 2. The van der Waals surface area contributed by atoms with Crippen LogP contribution in [-0.2, 0) is 19.1 Å². The Labute approximate surface area is 140 Å². The average Bonchev–Trinajstić information content (AvgIpc) is 3.08. The van der Waals surface area contributed by atoms with E-state index in [0.717, 1.165) is 31.5 Å². The predicted octanol–water partition coefficient (Wildman–Crippen LogP) is 2.12. The third-order valence-corrected chi connectivity index (χ3v) is 4.17. The molecule has 0 radical (unpaired) electrons. The lowest BCUT2D eigenvalue weighted by atomic mass is 9.99. The van der Waals surface area contributed by atoms with Crippen LogP contribution in [0.5, 0.6) is 5.75 Å². The highest BCUT2D eigenvalue weighted by atomic mass is 16.5. The van der Waals surface area contributed by atoms with Crippen LogP contribution in [0.15, 0.2) is 41.7 Å². The molecule has 1 saturated heterocycles. The molecule has 1 aromatic carbocycles. The first-order valence-corrected chi connectivity index (χ1v) is 7.79. The van der Waals surface area contributed by atoms with Gasteiger partial charge in [0.2, 0.25) is 0 Å². The number of carbonyl (C=O) groups is 2. The SMILES string of the molecule is COC(=O)C1=COc2ccccc2C(N2CCCC2)=C1C(=O)OC. The van der Waals surface area contributed by atoms with Gasteiger partial charge in [0.15, 0.2) is 0 Å². The quantitative estimate of drug-likeness (QED) is 0.792. The summed E-state index contributed by atoms with van der Waals surface area (Å²) < 4.78 is 15.4. The predicted molar refractivity (Wildman–Crippen MR) is 86.9 cm³/mol. The molecule has 6 heteroatoms. The van der Waals surface area contributed by atoms with Crippen molar-refractivity contribution in [2.24, 2.45) is 0 Å². The summed E-state index contributed by atoms with van der Waals surface area (Å²) in [5.41, 5.74) is 1.65. The van der Waals surface area contributed by atoms with Gasteiger partial charge in [0, 0.05) is 18.7 Å². The number of likely N-dealkylation sites (tertiary alicyclic amines) is 1. The monoisotopic (exact) mass is 329 g/mol. The molecule has 3 rings (SSSR count). The standard InChI is InChI=1S/C18H19NO5/c1-22-17(20)13-11-24-14-8-4-3-7-12(14)16(15(13)18(21)23-2)19-9-5-6-10-19/h3-4,7-8,11H,5-6,9-10H2,1-2H3. The summed E-state index contributed by atoms with van der Waals surface area (Å²) in [4.78, 5) is 26.8. The summed E-state index contributed by atoms with van der Waals surface area (Å²) in [6.07, 6.45) is 3.32. The molecular formula is C18H19NO5. The smallest absolute Gasteiger partial charge is 0.341 e. The third-order valence-electron chi connectivity index (χ3n) is 4.17. The number of methoxy groups -OCH3 is 2. The van der Waals surface area contributed by atoms with E-state index in [2.05, 4.69) is 4.90 Å². The van der Waals surface area contributed by atoms with Crippen molar-refractivity contribution in [2.45, 2.75) is 12.8 Å². The Morgan fingerprint density at radius 3 is 2.38 bits per heavy atom. The number of ether oxygens (including phenoxy) is 3. The van der Waals surface area contributed by atoms with Crippen molar-refractivity contribution in [2.75, 3.05) is 27.3 Å². The van der Waals surface area contributed by atoms with E-state index >= 15 is 0 Å². The Bertz CT molecular complexity index is 729. The maximum atomic E-state index is 12.5. The Morgan fingerprint density at radius 2 is 1.71 bits per heavy atom. The molecule has 0 amide bonds. The van der Waals surface area contributed by atoms with Crippen molar-refractivity contribution >= 4 is 17.6 Å². The molecule has 0 aromatic heterocycles. The molecule has 1 fully saturated rings. The molecule has 2 aliphatic rings. The molecule has 0 atom stereocenters. The Balaban J connectivity index is 2.28. The van der Waals surface area contributed by atoms with Gasteiger partial charge in [-0.1, -0.05) is 12.1 Å². The lowest BCUT2D eigenvalue weighted by molar-refractivity contribution is -0.139. The summed E-state index contributed by atoms with van der Waals surface area (Å²) in [6, 6.07) is 7.39. The number of para-hydroxylation sites is 1. The highest BCUT2D eigenvalue weighted by Crippen LogP contribution is 2.38. The summed E-state index contributed by atoms with van der Waals surface area (Å²) in [7, 11) is 2.56. The Hall–Kier alpha value is -2.76. The summed E-state index contributed by atoms with van der Waals surface area (Å²) in [5, 5.41) is 0. The number of nitrogens with zero attached hydrogens (tertiary/aromatic N) is 1. The van der Waals surface area contributed by atoms with Gasteiger partial charge in [0.05, 0.1) is 19.9 Å². The van der Waals surface area contributed by atoms with E-state index in [0.29, 0.717) is 11.4 Å². The molecule has 6 nitrogen and oxygen atoms in total. The molecule has 1 aromatic rings. The molecule has 0 N–H and O–H groups in total. The number of benzene rings is 1. The lowest BCUT2D eigenvalue weighted by Gasteiger charge is -2.24. The van der Waals surface area contributed by atoms with E-state index in [9.17, 15) is 9.59 Å². The van der Waals surface area contributed by atoms with Gasteiger partial charge >= 0.3 is 11.9 Å². The first-order valence-electron chi connectivity index (χ1n) is 7.79. The number of fused-ring (bicyclic) bond motifs is 1. The van der Waals surface area contributed by atoms with E-state index in [1.54, 1.807) is 6.07 Å². The van der Waals surface area contributed by atoms with Crippen LogP contribution in [0.3, 0.4) is 0 Å². The zero-order valence-electron chi connectivity index (χ0n) is 13.7. The van der Waals surface area contributed by atoms with Crippen molar-refractivity contribution in [1.82, 2.24) is 4.90 Å². The van der Waals surface area contributed by atoms with Gasteiger partial charge in [0.25, 0.3) is 0 Å². The number of hydrogen-bond donors (Lipinski definition) is 0. The highest BCUT2D eigenvalue weighted by molar-refractivity contribution is 6.12. The minimum atomic E-state index is -0.639. The van der Waals surface area contributed by atoms with Gasteiger partial charge in [-0.05, 0) is 25.0 Å². The third kappa shape index (κ3) is 2.75. The van der Waals surface area contributed by atoms with Crippen molar-refractivity contribution in [3.8, 4) is 5.75 Å². The van der Waals surface area contributed by atoms with Crippen LogP contribution in [-0.4, -0.2) is 44.1 Å². The van der Waals surface area contributed by atoms with Crippen LogP contribution in [0.25, 0.3) is 5.70 Å². The maximum absolute atomic E-state index is 12.5. The number of hydrogen-bond acceptors (Lipinski definition) is 6. The fourth-order valence-electron chi connectivity index (χ4n) is 3.05. The van der Waals surface area contributed by atoms with Crippen molar-refractivity contribution in [1.29, 1.82) is 0 Å². The number of rotatable bonds is 3. The van der Waals surface area contributed by atoms with E-state index in [4.69, 9.17) is 14.2 Å². The lowest BCUT2D eigenvalue weighted by Crippen LogP contribution is -2.24. The highest BCUT2D eigenvalue weighted by Gasteiger charge is 2.34. The van der Waals surface area contributed by atoms with Crippen LogP contribution < -0.4 is 4.74 Å². The minimum Gasteiger partial charge on any atom is -0.465 e. The van der Waals surface area contributed by atoms with E-state index in [1.807, 2.05) is 18.2 Å². The average molecular weight is 329 g/mol. The molecular weight excluding hydrogens is 310 g/mol. The molecule has 0 saturated carbocycles. The molecule has 126 valence electrons. The number of carbonyl (C=O) groups excluding carboxylic acids is 2. The Morgan fingerprint density at radius 1 is 1.04 bits per heavy atom. The van der Waals surface area contributed by atoms with Crippen molar-refractivity contribution < 1.29 is 23.8 Å². The molecule has 2 heterocycles. The van der Waals surface area contributed by atoms with Gasteiger partial charge in [-0.2, -0.15) is 0 Å². The van der Waals surface area contributed by atoms with E-state index in [1.165, 1.54) is 20.5 Å². The van der Waals surface area contributed by atoms with Gasteiger partial charge in [-0.15, -0.1) is 0 Å². The van der Waals surface area contributed by atoms with E-state index < -0.39 is 11.9 Å². The van der Waals surface area contributed by atoms with Crippen molar-refractivity contribution in [3.63, 3.8) is 0 Å². The first-order chi connectivity index (χ1) is 11.7. The summed E-state index contributed by atoms with van der Waals surface area (Å²) >= 11 is 0. The minimum absolute atomic E-state index is 0.0578. The fourth-order valence-corrected chi connectivity index (χ4v) is 3.05.